The minimum atomic E-state index is -0.598. The fraction of sp³-hybridized carbons (Fsp3) is 0.600. The van der Waals surface area contributed by atoms with Crippen molar-refractivity contribution in [1.82, 2.24) is 0 Å². The highest BCUT2D eigenvalue weighted by molar-refractivity contribution is 5.46. The first-order valence-electron chi connectivity index (χ1n) is 6.68. The maximum absolute atomic E-state index is 10.4. The molecule has 0 spiro atoms. The Morgan fingerprint density at radius 3 is 2.59 bits per heavy atom. The first kappa shape index (κ1) is 11.1. The molecule has 0 atom stereocenters. The lowest BCUT2D eigenvalue weighted by Crippen LogP contribution is -2.16. The molecule has 0 aromatic heterocycles. The second-order valence-electron chi connectivity index (χ2n) is 5.50. The Labute approximate surface area is 103 Å². The van der Waals surface area contributed by atoms with Crippen LogP contribution >= 0.6 is 0 Å². The highest BCUT2D eigenvalue weighted by atomic mass is 16.5. The van der Waals surface area contributed by atoms with E-state index in [0.717, 1.165) is 42.6 Å². The van der Waals surface area contributed by atoms with E-state index >= 15 is 0 Å². The van der Waals surface area contributed by atoms with Gasteiger partial charge in [-0.25, -0.2) is 0 Å². The van der Waals surface area contributed by atoms with Gasteiger partial charge in [-0.15, -0.1) is 0 Å². The van der Waals surface area contributed by atoms with Gasteiger partial charge in [0.05, 0.1) is 11.7 Å². The summed E-state index contributed by atoms with van der Waals surface area (Å²) in [6.45, 7) is 2.06. The van der Waals surface area contributed by atoms with Gasteiger partial charge >= 0.3 is 0 Å². The Morgan fingerprint density at radius 2 is 1.94 bits per heavy atom. The Morgan fingerprint density at radius 1 is 1.24 bits per heavy atom. The third kappa shape index (κ3) is 2.06. The van der Waals surface area contributed by atoms with Crippen LogP contribution in [0.25, 0.3) is 0 Å². The quantitative estimate of drug-likeness (QED) is 0.866. The molecule has 3 rings (SSSR count). The summed E-state index contributed by atoms with van der Waals surface area (Å²) in [5.41, 5.74) is 1.59. The van der Waals surface area contributed by atoms with Gasteiger partial charge in [0.2, 0.25) is 0 Å². The standard InChI is InChI=1S/C15H20O2/c1-11-5-4-8-13(14(11)15(16)9-10-15)17-12-6-2-3-7-12/h4-5,8,12,16H,2-3,6-7,9-10H2,1H3. The molecule has 1 aromatic rings. The molecule has 2 saturated carbocycles. The van der Waals surface area contributed by atoms with Crippen molar-refractivity contribution in [3.05, 3.63) is 29.3 Å². The molecule has 0 amide bonds. The lowest BCUT2D eigenvalue weighted by molar-refractivity contribution is 0.137. The van der Waals surface area contributed by atoms with Gasteiger partial charge in [0.1, 0.15) is 5.75 Å². The van der Waals surface area contributed by atoms with Crippen LogP contribution in [0.15, 0.2) is 18.2 Å². The summed E-state index contributed by atoms with van der Waals surface area (Å²) in [5.74, 6) is 0.914. The molecule has 1 N–H and O–H groups in total. The lowest BCUT2D eigenvalue weighted by Gasteiger charge is -2.21. The smallest absolute Gasteiger partial charge is 0.126 e. The summed E-state index contributed by atoms with van der Waals surface area (Å²) in [4.78, 5) is 0. The summed E-state index contributed by atoms with van der Waals surface area (Å²) in [6.07, 6.45) is 6.97. The van der Waals surface area contributed by atoms with Crippen molar-refractivity contribution in [1.29, 1.82) is 0 Å². The zero-order valence-electron chi connectivity index (χ0n) is 10.4. The van der Waals surface area contributed by atoms with Crippen molar-refractivity contribution in [2.45, 2.75) is 57.2 Å². The largest absolute Gasteiger partial charge is 0.490 e. The van der Waals surface area contributed by atoms with E-state index in [-0.39, 0.29) is 0 Å². The SMILES string of the molecule is Cc1cccc(OC2CCCC2)c1C1(O)CC1. The van der Waals surface area contributed by atoms with Crippen LogP contribution in [0.4, 0.5) is 0 Å². The molecular formula is C15H20O2. The van der Waals surface area contributed by atoms with Crippen LogP contribution in [-0.4, -0.2) is 11.2 Å². The van der Waals surface area contributed by atoms with E-state index in [1.807, 2.05) is 12.1 Å². The number of rotatable bonds is 3. The Kier molecular flexibility index (Phi) is 2.62. The molecule has 17 heavy (non-hydrogen) atoms. The highest BCUT2D eigenvalue weighted by Crippen LogP contribution is 2.50. The molecule has 2 heteroatoms. The molecule has 2 fully saturated rings. The zero-order chi connectivity index (χ0) is 11.9. The van der Waals surface area contributed by atoms with E-state index in [0.29, 0.717) is 6.10 Å². The first-order valence-corrected chi connectivity index (χ1v) is 6.68. The van der Waals surface area contributed by atoms with E-state index in [1.165, 1.54) is 12.8 Å². The molecule has 92 valence electrons. The predicted molar refractivity (Wildman–Crippen MR) is 67.2 cm³/mol. The molecule has 2 aliphatic rings. The van der Waals surface area contributed by atoms with Crippen LogP contribution in [0.5, 0.6) is 5.75 Å². The molecule has 0 aliphatic heterocycles. The lowest BCUT2D eigenvalue weighted by atomic mass is 10.0. The fourth-order valence-electron chi connectivity index (χ4n) is 2.89. The van der Waals surface area contributed by atoms with Gasteiger partial charge < -0.3 is 9.84 Å². The molecule has 0 radical (unpaired) electrons. The number of aliphatic hydroxyl groups is 1. The van der Waals surface area contributed by atoms with Crippen LogP contribution in [0.3, 0.4) is 0 Å². The monoisotopic (exact) mass is 232 g/mol. The number of hydrogen-bond donors (Lipinski definition) is 1. The summed E-state index contributed by atoms with van der Waals surface area (Å²) in [6, 6.07) is 6.10. The van der Waals surface area contributed by atoms with Crippen molar-refractivity contribution in [3.8, 4) is 5.75 Å². The van der Waals surface area contributed by atoms with Crippen molar-refractivity contribution < 1.29 is 9.84 Å². The number of hydrogen-bond acceptors (Lipinski definition) is 2. The summed E-state index contributed by atoms with van der Waals surface area (Å²) >= 11 is 0. The van der Waals surface area contributed by atoms with E-state index in [1.54, 1.807) is 0 Å². The van der Waals surface area contributed by atoms with Crippen molar-refractivity contribution in [3.63, 3.8) is 0 Å². The van der Waals surface area contributed by atoms with Gasteiger partial charge in [-0.3, -0.25) is 0 Å². The van der Waals surface area contributed by atoms with E-state index < -0.39 is 5.60 Å². The predicted octanol–water partition coefficient (Wildman–Crippen LogP) is 3.30. The topological polar surface area (TPSA) is 29.5 Å². The van der Waals surface area contributed by atoms with Crippen LogP contribution in [0.2, 0.25) is 0 Å². The van der Waals surface area contributed by atoms with E-state index in [4.69, 9.17) is 4.74 Å². The Hall–Kier alpha value is -1.02. The molecule has 0 heterocycles. The Bertz CT molecular complexity index is 415. The number of benzene rings is 1. The summed E-state index contributed by atoms with van der Waals surface area (Å²) in [5, 5.41) is 10.4. The van der Waals surface area contributed by atoms with Gasteiger partial charge in [0, 0.05) is 5.56 Å². The maximum atomic E-state index is 10.4. The van der Waals surface area contributed by atoms with Crippen molar-refractivity contribution in [2.75, 3.05) is 0 Å². The average Bonchev–Trinajstić information content (AvgIpc) is 2.84. The van der Waals surface area contributed by atoms with Crippen LogP contribution in [-0.2, 0) is 5.60 Å². The summed E-state index contributed by atoms with van der Waals surface area (Å²) < 4.78 is 6.09. The normalized spacial score (nSPS) is 22.7. The first-order chi connectivity index (χ1) is 8.19. The van der Waals surface area contributed by atoms with Gasteiger partial charge in [0.15, 0.2) is 0 Å². The molecule has 1 aromatic carbocycles. The minimum Gasteiger partial charge on any atom is -0.490 e. The highest BCUT2D eigenvalue weighted by Gasteiger charge is 2.45. The number of aryl methyl sites for hydroxylation is 1. The van der Waals surface area contributed by atoms with E-state index in [9.17, 15) is 5.11 Å². The van der Waals surface area contributed by atoms with Gasteiger partial charge in [-0.05, 0) is 57.1 Å². The molecule has 0 bridgehead atoms. The maximum Gasteiger partial charge on any atom is 0.126 e. The van der Waals surface area contributed by atoms with Crippen LogP contribution in [0, 0.1) is 6.92 Å². The second-order valence-corrected chi connectivity index (χ2v) is 5.50. The molecule has 0 unspecified atom stereocenters. The Balaban J connectivity index is 1.89. The third-order valence-electron chi connectivity index (χ3n) is 4.02. The molecule has 0 saturated heterocycles. The summed E-state index contributed by atoms with van der Waals surface area (Å²) in [7, 11) is 0. The third-order valence-corrected chi connectivity index (χ3v) is 4.02. The van der Waals surface area contributed by atoms with Gasteiger partial charge in [-0.1, -0.05) is 12.1 Å². The van der Waals surface area contributed by atoms with Gasteiger partial charge in [-0.2, -0.15) is 0 Å². The van der Waals surface area contributed by atoms with Crippen LogP contribution in [0.1, 0.15) is 49.7 Å². The molecular weight excluding hydrogens is 212 g/mol. The van der Waals surface area contributed by atoms with Gasteiger partial charge in [0.25, 0.3) is 0 Å². The molecule has 2 nitrogen and oxygen atoms in total. The second kappa shape index (κ2) is 4.02. The van der Waals surface area contributed by atoms with E-state index in [2.05, 4.69) is 13.0 Å². The zero-order valence-corrected chi connectivity index (χ0v) is 10.4. The minimum absolute atomic E-state index is 0.359. The van der Waals surface area contributed by atoms with Crippen molar-refractivity contribution >= 4 is 0 Å². The van der Waals surface area contributed by atoms with Crippen LogP contribution < -0.4 is 4.74 Å². The fourth-order valence-corrected chi connectivity index (χ4v) is 2.89. The number of ether oxygens (including phenoxy) is 1. The average molecular weight is 232 g/mol. The molecule has 2 aliphatic carbocycles. The van der Waals surface area contributed by atoms with Crippen molar-refractivity contribution in [2.24, 2.45) is 0 Å².